The lowest BCUT2D eigenvalue weighted by Gasteiger charge is -2.19. The molecule has 0 unspecified atom stereocenters. The van der Waals surface area contributed by atoms with Gasteiger partial charge in [0, 0.05) is 6.04 Å². The highest BCUT2D eigenvalue weighted by Gasteiger charge is 2.16. The maximum Gasteiger partial charge on any atom is 0.135 e. The molecule has 0 aliphatic rings. The van der Waals surface area contributed by atoms with Gasteiger partial charge in [0.2, 0.25) is 0 Å². The molecule has 0 radical (unpaired) electrons. The van der Waals surface area contributed by atoms with Gasteiger partial charge in [-0.3, -0.25) is 0 Å². The van der Waals surface area contributed by atoms with Crippen molar-refractivity contribution in [2.45, 2.75) is 32.7 Å². The number of hydrogen-bond acceptors (Lipinski definition) is 3. The first-order valence-electron chi connectivity index (χ1n) is 7.23. The van der Waals surface area contributed by atoms with E-state index in [0.29, 0.717) is 5.92 Å². The lowest BCUT2D eigenvalue weighted by molar-refractivity contribution is 0.396. The summed E-state index contributed by atoms with van der Waals surface area (Å²) in [6.45, 7) is 6.24. The summed E-state index contributed by atoms with van der Waals surface area (Å²) in [5.74, 6) is 2.76. The number of ether oxygens (including phenoxy) is 2. The molecule has 2 aromatic carbocycles. The van der Waals surface area contributed by atoms with Gasteiger partial charge >= 0.3 is 0 Å². The van der Waals surface area contributed by atoms with E-state index in [1.807, 2.05) is 43.3 Å². The molecule has 0 aliphatic heterocycles. The van der Waals surface area contributed by atoms with Crippen molar-refractivity contribution in [1.29, 1.82) is 0 Å². The van der Waals surface area contributed by atoms with Crippen LogP contribution in [-0.4, -0.2) is 7.11 Å². The van der Waals surface area contributed by atoms with Crippen LogP contribution in [0.25, 0.3) is 0 Å². The monoisotopic (exact) mass is 285 g/mol. The molecular weight excluding hydrogens is 262 g/mol. The molecule has 0 saturated carbocycles. The van der Waals surface area contributed by atoms with Crippen molar-refractivity contribution in [3.8, 4) is 17.2 Å². The minimum absolute atomic E-state index is 0.164. The molecule has 3 heteroatoms. The van der Waals surface area contributed by atoms with Crippen LogP contribution in [0, 0.1) is 0 Å². The van der Waals surface area contributed by atoms with Crippen LogP contribution in [0.4, 0.5) is 0 Å². The van der Waals surface area contributed by atoms with Crippen molar-refractivity contribution in [2.24, 2.45) is 5.73 Å². The van der Waals surface area contributed by atoms with E-state index in [-0.39, 0.29) is 6.04 Å². The number of methoxy groups -OCH3 is 1. The Morgan fingerprint density at radius 1 is 0.857 bits per heavy atom. The topological polar surface area (TPSA) is 44.5 Å². The fourth-order valence-corrected chi connectivity index (χ4v) is 2.41. The van der Waals surface area contributed by atoms with Gasteiger partial charge in [0.25, 0.3) is 0 Å². The normalized spacial score (nSPS) is 12.3. The largest absolute Gasteiger partial charge is 0.496 e. The lowest BCUT2D eigenvalue weighted by atomic mass is 10.0. The quantitative estimate of drug-likeness (QED) is 0.871. The van der Waals surface area contributed by atoms with Crippen LogP contribution in [0.2, 0.25) is 0 Å². The van der Waals surface area contributed by atoms with E-state index in [4.69, 9.17) is 15.2 Å². The molecule has 3 nitrogen and oxygen atoms in total. The first kappa shape index (κ1) is 15.4. The summed E-state index contributed by atoms with van der Waals surface area (Å²) in [5.41, 5.74) is 8.15. The van der Waals surface area contributed by atoms with E-state index in [9.17, 15) is 0 Å². The summed E-state index contributed by atoms with van der Waals surface area (Å²) < 4.78 is 11.5. The van der Waals surface area contributed by atoms with Crippen molar-refractivity contribution in [3.63, 3.8) is 0 Å². The molecule has 0 bridgehead atoms. The zero-order chi connectivity index (χ0) is 15.4. The highest BCUT2D eigenvalue weighted by atomic mass is 16.5. The Labute approximate surface area is 126 Å². The van der Waals surface area contributed by atoms with Crippen LogP contribution in [0.5, 0.6) is 17.2 Å². The molecule has 0 aromatic heterocycles. The average Bonchev–Trinajstić information content (AvgIpc) is 2.47. The molecule has 0 heterocycles. The SMILES string of the molecule is COc1cccc(Oc2ccccc2C(C)C)c1[C@@H](C)N. The summed E-state index contributed by atoms with van der Waals surface area (Å²) in [7, 11) is 1.65. The zero-order valence-corrected chi connectivity index (χ0v) is 13.1. The van der Waals surface area contributed by atoms with Gasteiger partial charge in [-0.1, -0.05) is 38.1 Å². The predicted octanol–water partition coefficient (Wildman–Crippen LogP) is 4.63. The van der Waals surface area contributed by atoms with Gasteiger partial charge < -0.3 is 15.2 Å². The maximum atomic E-state index is 6.15. The highest BCUT2D eigenvalue weighted by Crippen LogP contribution is 2.37. The van der Waals surface area contributed by atoms with Gasteiger partial charge in [0.1, 0.15) is 17.2 Å². The Hall–Kier alpha value is -2.00. The average molecular weight is 285 g/mol. The Balaban J connectivity index is 2.45. The van der Waals surface area contributed by atoms with Crippen molar-refractivity contribution in [3.05, 3.63) is 53.6 Å². The molecule has 0 amide bonds. The van der Waals surface area contributed by atoms with Crippen LogP contribution in [0.3, 0.4) is 0 Å². The molecule has 112 valence electrons. The Morgan fingerprint density at radius 3 is 2.10 bits per heavy atom. The van der Waals surface area contributed by atoms with Gasteiger partial charge in [-0.15, -0.1) is 0 Å². The first-order valence-corrected chi connectivity index (χ1v) is 7.23. The standard InChI is InChI=1S/C18H23NO2/c1-12(2)14-8-5-6-9-15(14)21-17-11-7-10-16(20-4)18(17)13(3)19/h5-13H,19H2,1-4H3/t13-/m1/s1. The van der Waals surface area contributed by atoms with Gasteiger partial charge in [0.05, 0.1) is 12.7 Å². The van der Waals surface area contributed by atoms with E-state index in [2.05, 4.69) is 19.9 Å². The Bertz CT molecular complexity index is 606. The van der Waals surface area contributed by atoms with E-state index < -0.39 is 0 Å². The van der Waals surface area contributed by atoms with Crippen molar-refractivity contribution in [1.82, 2.24) is 0 Å². The summed E-state index contributed by atoms with van der Waals surface area (Å²) >= 11 is 0. The summed E-state index contributed by atoms with van der Waals surface area (Å²) in [5, 5.41) is 0. The van der Waals surface area contributed by atoms with E-state index in [0.717, 1.165) is 22.8 Å². The molecule has 2 N–H and O–H groups in total. The number of hydrogen-bond donors (Lipinski definition) is 1. The molecule has 0 saturated heterocycles. The van der Waals surface area contributed by atoms with Gasteiger partial charge in [-0.25, -0.2) is 0 Å². The van der Waals surface area contributed by atoms with Crippen molar-refractivity contribution in [2.75, 3.05) is 7.11 Å². The van der Waals surface area contributed by atoms with Gasteiger partial charge in [-0.2, -0.15) is 0 Å². The molecule has 0 aliphatic carbocycles. The fourth-order valence-electron chi connectivity index (χ4n) is 2.41. The number of nitrogens with two attached hydrogens (primary N) is 1. The number of rotatable bonds is 5. The molecule has 2 aromatic rings. The summed E-state index contributed by atoms with van der Waals surface area (Å²) in [6.07, 6.45) is 0. The van der Waals surface area contributed by atoms with E-state index in [1.165, 1.54) is 5.56 Å². The smallest absolute Gasteiger partial charge is 0.135 e. The van der Waals surface area contributed by atoms with Crippen molar-refractivity contribution < 1.29 is 9.47 Å². The predicted molar refractivity (Wildman–Crippen MR) is 86.2 cm³/mol. The first-order chi connectivity index (χ1) is 10.0. The van der Waals surface area contributed by atoms with Crippen LogP contribution in [-0.2, 0) is 0 Å². The Kier molecular flexibility index (Phi) is 4.86. The molecule has 0 spiro atoms. The number of para-hydroxylation sites is 1. The summed E-state index contributed by atoms with van der Waals surface area (Å²) in [6, 6.07) is 13.7. The molecular formula is C18H23NO2. The van der Waals surface area contributed by atoms with Gasteiger partial charge in [-0.05, 0) is 36.6 Å². The maximum absolute atomic E-state index is 6.15. The van der Waals surface area contributed by atoms with E-state index in [1.54, 1.807) is 7.11 Å². The Morgan fingerprint density at radius 2 is 1.48 bits per heavy atom. The second-order valence-corrected chi connectivity index (χ2v) is 5.46. The third-order valence-electron chi connectivity index (χ3n) is 3.46. The van der Waals surface area contributed by atoms with Crippen LogP contribution < -0.4 is 15.2 Å². The third-order valence-corrected chi connectivity index (χ3v) is 3.46. The lowest BCUT2D eigenvalue weighted by Crippen LogP contribution is -2.09. The zero-order valence-electron chi connectivity index (χ0n) is 13.1. The van der Waals surface area contributed by atoms with E-state index >= 15 is 0 Å². The molecule has 2 rings (SSSR count). The van der Waals surface area contributed by atoms with Crippen molar-refractivity contribution >= 4 is 0 Å². The highest BCUT2D eigenvalue weighted by molar-refractivity contribution is 5.49. The summed E-state index contributed by atoms with van der Waals surface area (Å²) in [4.78, 5) is 0. The van der Waals surface area contributed by atoms with Crippen LogP contribution in [0.15, 0.2) is 42.5 Å². The second kappa shape index (κ2) is 6.64. The molecule has 1 atom stereocenters. The minimum Gasteiger partial charge on any atom is -0.496 e. The van der Waals surface area contributed by atoms with Crippen LogP contribution >= 0.6 is 0 Å². The number of benzene rings is 2. The molecule has 0 fully saturated rings. The molecule has 21 heavy (non-hydrogen) atoms. The third kappa shape index (κ3) is 3.37. The minimum atomic E-state index is -0.164. The van der Waals surface area contributed by atoms with Gasteiger partial charge in [0.15, 0.2) is 0 Å². The van der Waals surface area contributed by atoms with Crippen LogP contribution in [0.1, 0.15) is 43.9 Å². The second-order valence-electron chi connectivity index (χ2n) is 5.46. The fraction of sp³-hybridized carbons (Fsp3) is 0.333.